The van der Waals surface area contributed by atoms with Crippen LogP contribution in [0, 0.1) is 0 Å². The topological polar surface area (TPSA) is 79.3 Å². The van der Waals surface area contributed by atoms with Gasteiger partial charge in [-0.1, -0.05) is 30.3 Å². The number of amides is 1. The Morgan fingerprint density at radius 1 is 1.05 bits per heavy atom. The first-order chi connectivity index (χ1) is 10.1. The zero-order valence-electron chi connectivity index (χ0n) is 11.2. The number of nitrogens with one attached hydrogen (secondary N) is 1. The fourth-order valence-corrected chi connectivity index (χ4v) is 2.69. The van der Waals surface area contributed by atoms with Crippen LogP contribution >= 0.6 is 0 Å². The Hall–Kier alpha value is -2.69. The van der Waals surface area contributed by atoms with E-state index in [0.717, 1.165) is 11.1 Å². The SMILES string of the molecule is O=C(NC1(C(=O)O)Cc2ccccc2C1)c1ccccn1. The van der Waals surface area contributed by atoms with Gasteiger partial charge in [-0.3, -0.25) is 9.78 Å². The van der Waals surface area contributed by atoms with Crippen LogP contribution in [0.2, 0.25) is 0 Å². The van der Waals surface area contributed by atoms with Crippen LogP contribution in [-0.4, -0.2) is 27.5 Å². The molecule has 0 fully saturated rings. The van der Waals surface area contributed by atoms with Crippen molar-refractivity contribution in [1.82, 2.24) is 10.3 Å². The van der Waals surface area contributed by atoms with Crippen molar-refractivity contribution < 1.29 is 14.7 Å². The minimum atomic E-state index is -1.29. The Morgan fingerprint density at radius 2 is 1.67 bits per heavy atom. The smallest absolute Gasteiger partial charge is 0.330 e. The van der Waals surface area contributed by atoms with E-state index in [1.807, 2.05) is 24.3 Å². The van der Waals surface area contributed by atoms with Gasteiger partial charge in [-0.15, -0.1) is 0 Å². The summed E-state index contributed by atoms with van der Waals surface area (Å²) < 4.78 is 0. The van der Waals surface area contributed by atoms with Crippen LogP contribution in [0.25, 0.3) is 0 Å². The van der Waals surface area contributed by atoms with E-state index in [0.29, 0.717) is 0 Å². The van der Waals surface area contributed by atoms with Crippen molar-refractivity contribution in [1.29, 1.82) is 0 Å². The monoisotopic (exact) mass is 282 g/mol. The van der Waals surface area contributed by atoms with Gasteiger partial charge in [0.2, 0.25) is 0 Å². The molecular weight excluding hydrogens is 268 g/mol. The van der Waals surface area contributed by atoms with Gasteiger partial charge in [0.25, 0.3) is 5.91 Å². The highest BCUT2D eigenvalue weighted by Crippen LogP contribution is 2.30. The maximum absolute atomic E-state index is 12.2. The molecule has 3 rings (SSSR count). The minimum Gasteiger partial charge on any atom is -0.479 e. The number of aliphatic carboxylic acids is 1. The Kier molecular flexibility index (Phi) is 3.17. The van der Waals surface area contributed by atoms with Gasteiger partial charge in [-0.25, -0.2) is 4.79 Å². The van der Waals surface area contributed by atoms with E-state index in [4.69, 9.17) is 0 Å². The van der Waals surface area contributed by atoms with Crippen molar-refractivity contribution in [2.75, 3.05) is 0 Å². The number of benzene rings is 1. The summed E-state index contributed by atoms with van der Waals surface area (Å²) in [6.07, 6.45) is 2.08. The van der Waals surface area contributed by atoms with Crippen LogP contribution in [0.15, 0.2) is 48.7 Å². The number of carboxylic acids is 1. The van der Waals surface area contributed by atoms with Gasteiger partial charge in [0, 0.05) is 19.0 Å². The summed E-state index contributed by atoms with van der Waals surface area (Å²) in [5.74, 6) is -1.49. The van der Waals surface area contributed by atoms with Crippen LogP contribution in [0.1, 0.15) is 21.6 Å². The maximum Gasteiger partial charge on any atom is 0.330 e. The number of nitrogens with zero attached hydrogens (tertiary/aromatic N) is 1. The molecule has 1 aliphatic rings. The van der Waals surface area contributed by atoms with Crippen molar-refractivity contribution in [3.8, 4) is 0 Å². The quantitative estimate of drug-likeness (QED) is 0.892. The maximum atomic E-state index is 12.2. The molecule has 0 aliphatic heterocycles. The third-order valence-corrected chi connectivity index (χ3v) is 3.76. The second-order valence-electron chi connectivity index (χ2n) is 5.18. The second-order valence-corrected chi connectivity index (χ2v) is 5.18. The van der Waals surface area contributed by atoms with E-state index in [1.54, 1.807) is 18.2 Å². The van der Waals surface area contributed by atoms with E-state index in [2.05, 4.69) is 10.3 Å². The number of pyridine rings is 1. The summed E-state index contributed by atoms with van der Waals surface area (Å²) in [5.41, 5.74) is 0.842. The Bertz CT molecular complexity index is 673. The van der Waals surface area contributed by atoms with Crippen LogP contribution in [0.5, 0.6) is 0 Å². The van der Waals surface area contributed by atoms with Crippen LogP contribution in [-0.2, 0) is 17.6 Å². The molecule has 0 saturated heterocycles. The number of carbonyl (C=O) groups is 2. The molecule has 0 unspecified atom stereocenters. The number of hydrogen-bond acceptors (Lipinski definition) is 3. The van der Waals surface area contributed by atoms with Gasteiger partial charge >= 0.3 is 5.97 Å². The lowest BCUT2D eigenvalue weighted by molar-refractivity contribution is -0.144. The number of carboxylic acid groups (broad SMARTS) is 1. The fourth-order valence-electron chi connectivity index (χ4n) is 2.69. The summed E-state index contributed by atoms with van der Waals surface area (Å²) in [5, 5.41) is 12.3. The summed E-state index contributed by atoms with van der Waals surface area (Å²) in [6, 6.07) is 12.5. The Morgan fingerprint density at radius 3 is 2.19 bits per heavy atom. The summed E-state index contributed by atoms with van der Waals surface area (Å²) in [7, 11) is 0. The lowest BCUT2D eigenvalue weighted by atomic mass is 9.95. The van der Waals surface area contributed by atoms with Crippen LogP contribution in [0.3, 0.4) is 0 Å². The molecule has 106 valence electrons. The standard InChI is InChI=1S/C16H14N2O3/c19-14(13-7-3-4-8-17-13)18-16(15(20)21)9-11-5-1-2-6-12(11)10-16/h1-8H,9-10H2,(H,18,19)(H,20,21). The van der Waals surface area contributed by atoms with Gasteiger partial charge in [0.05, 0.1) is 0 Å². The highest BCUT2D eigenvalue weighted by Gasteiger charge is 2.45. The highest BCUT2D eigenvalue weighted by atomic mass is 16.4. The molecule has 0 saturated carbocycles. The van der Waals surface area contributed by atoms with Crippen molar-refractivity contribution in [3.05, 3.63) is 65.5 Å². The number of carbonyl (C=O) groups excluding carboxylic acids is 1. The summed E-state index contributed by atoms with van der Waals surface area (Å²) >= 11 is 0. The molecule has 1 aromatic heterocycles. The predicted molar refractivity (Wildman–Crippen MR) is 75.9 cm³/mol. The number of hydrogen-bond donors (Lipinski definition) is 2. The molecule has 1 aliphatic carbocycles. The van der Waals surface area contributed by atoms with E-state index in [1.165, 1.54) is 6.20 Å². The van der Waals surface area contributed by atoms with Gasteiger partial charge < -0.3 is 10.4 Å². The lowest BCUT2D eigenvalue weighted by Gasteiger charge is -2.25. The molecule has 0 spiro atoms. The number of rotatable bonds is 3. The predicted octanol–water partition coefficient (Wildman–Crippen LogP) is 1.43. The second kappa shape index (κ2) is 5.01. The first-order valence-electron chi connectivity index (χ1n) is 6.64. The van der Waals surface area contributed by atoms with Gasteiger partial charge in [-0.2, -0.15) is 0 Å². The van der Waals surface area contributed by atoms with Gasteiger partial charge in [0.1, 0.15) is 11.2 Å². The molecule has 1 heterocycles. The van der Waals surface area contributed by atoms with Crippen molar-refractivity contribution >= 4 is 11.9 Å². The highest BCUT2D eigenvalue weighted by molar-refractivity contribution is 5.97. The number of fused-ring (bicyclic) bond motifs is 1. The molecule has 5 heteroatoms. The largest absolute Gasteiger partial charge is 0.479 e. The van der Waals surface area contributed by atoms with Crippen LogP contribution < -0.4 is 5.32 Å². The first-order valence-corrected chi connectivity index (χ1v) is 6.64. The van der Waals surface area contributed by atoms with E-state index >= 15 is 0 Å². The zero-order chi connectivity index (χ0) is 14.9. The minimum absolute atomic E-state index is 0.217. The number of aromatic nitrogens is 1. The summed E-state index contributed by atoms with van der Waals surface area (Å²) in [4.78, 5) is 27.9. The van der Waals surface area contributed by atoms with Crippen molar-refractivity contribution in [2.45, 2.75) is 18.4 Å². The molecular formula is C16H14N2O3. The summed E-state index contributed by atoms with van der Waals surface area (Å²) in [6.45, 7) is 0. The van der Waals surface area contributed by atoms with E-state index in [9.17, 15) is 14.7 Å². The van der Waals surface area contributed by atoms with Crippen LogP contribution in [0.4, 0.5) is 0 Å². The molecule has 1 aromatic carbocycles. The Balaban J connectivity index is 1.88. The molecule has 0 bridgehead atoms. The average Bonchev–Trinajstić information content (AvgIpc) is 2.87. The molecule has 5 nitrogen and oxygen atoms in total. The van der Waals surface area contributed by atoms with Crippen molar-refractivity contribution in [2.24, 2.45) is 0 Å². The van der Waals surface area contributed by atoms with E-state index in [-0.39, 0.29) is 18.5 Å². The lowest BCUT2D eigenvalue weighted by Crippen LogP contribution is -2.55. The molecule has 2 aromatic rings. The van der Waals surface area contributed by atoms with Crippen molar-refractivity contribution in [3.63, 3.8) is 0 Å². The fraction of sp³-hybridized carbons (Fsp3) is 0.188. The molecule has 1 amide bonds. The molecule has 2 N–H and O–H groups in total. The van der Waals surface area contributed by atoms with E-state index < -0.39 is 17.4 Å². The normalized spacial score (nSPS) is 15.2. The van der Waals surface area contributed by atoms with Gasteiger partial charge in [-0.05, 0) is 23.3 Å². The molecule has 0 atom stereocenters. The average molecular weight is 282 g/mol. The molecule has 21 heavy (non-hydrogen) atoms. The third kappa shape index (κ3) is 2.38. The Labute approximate surface area is 121 Å². The van der Waals surface area contributed by atoms with Gasteiger partial charge in [0.15, 0.2) is 0 Å². The third-order valence-electron chi connectivity index (χ3n) is 3.76. The first kappa shape index (κ1) is 13.3. The zero-order valence-corrected chi connectivity index (χ0v) is 11.2. The molecule has 0 radical (unpaired) electrons.